The number of pyridine rings is 1. The lowest BCUT2D eigenvalue weighted by atomic mass is 10.1. The van der Waals surface area contributed by atoms with Crippen molar-refractivity contribution in [2.24, 2.45) is 0 Å². The Morgan fingerprint density at radius 2 is 2.07 bits per heavy atom. The summed E-state index contributed by atoms with van der Waals surface area (Å²) in [5, 5.41) is 7.65. The number of nitrogens with zero attached hydrogens (tertiary/aromatic N) is 3. The molecular weight excluding hydrogens is 385 g/mol. The van der Waals surface area contributed by atoms with Crippen LogP contribution >= 0.6 is 0 Å². The van der Waals surface area contributed by atoms with E-state index in [0.29, 0.717) is 41.0 Å². The average molecular weight is 404 g/mol. The van der Waals surface area contributed by atoms with Gasteiger partial charge in [0.15, 0.2) is 6.54 Å². The first-order valence-corrected chi connectivity index (χ1v) is 9.62. The summed E-state index contributed by atoms with van der Waals surface area (Å²) >= 11 is 0. The quantitative estimate of drug-likeness (QED) is 0.514. The highest BCUT2D eigenvalue weighted by Crippen LogP contribution is 2.25. The molecule has 5 rings (SSSR count). The molecule has 1 aliphatic rings. The number of carbonyl (C=O) groups is 1. The van der Waals surface area contributed by atoms with E-state index in [4.69, 9.17) is 4.74 Å². The fourth-order valence-electron chi connectivity index (χ4n) is 3.77. The molecular formula is C22H19FN5O2+. The number of rotatable bonds is 3. The summed E-state index contributed by atoms with van der Waals surface area (Å²) in [5.41, 5.74) is 4.59. The van der Waals surface area contributed by atoms with E-state index in [1.54, 1.807) is 35.2 Å². The van der Waals surface area contributed by atoms with Gasteiger partial charge in [-0.25, -0.2) is 14.2 Å². The van der Waals surface area contributed by atoms with Gasteiger partial charge in [0.25, 0.3) is 0 Å². The molecule has 1 aliphatic heterocycles. The molecule has 4 heterocycles. The van der Waals surface area contributed by atoms with Gasteiger partial charge < -0.3 is 9.72 Å². The number of hydrogen-bond donors (Lipinski definition) is 2. The molecule has 4 aromatic rings. The first kappa shape index (κ1) is 18.4. The van der Waals surface area contributed by atoms with Gasteiger partial charge in [0.2, 0.25) is 5.71 Å². The number of aromatic amines is 2. The molecule has 0 bridgehead atoms. The molecule has 0 radical (unpaired) electrons. The Labute approximate surface area is 171 Å². The topological polar surface area (TPSA) is 86.7 Å². The molecule has 30 heavy (non-hydrogen) atoms. The predicted molar refractivity (Wildman–Crippen MR) is 109 cm³/mol. The van der Waals surface area contributed by atoms with Crippen molar-refractivity contribution in [1.82, 2.24) is 20.2 Å². The Morgan fingerprint density at radius 1 is 1.20 bits per heavy atom. The highest BCUT2D eigenvalue weighted by Gasteiger charge is 2.32. The highest BCUT2D eigenvalue weighted by molar-refractivity contribution is 6.07. The van der Waals surface area contributed by atoms with Crippen molar-refractivity contribution in [3.63, 3.8) is 0 Å². The van der Waals surface area contributed by atoms with Crippen molar-refractivity contribution in [3.05, 3.63) is 71.4 Å². The Balaban J connectivity index is 1.58. The van der Waals surface area contributed by atoms with Crippen molar-refractivity contribution in [1.29, 1.82) is 0 Å². The van der Waals surface area contributed by atoms with Crippen molar-refractivity contribution < 1.29 is 18.5 Å². The molecule has 2 N–H and O–H groups in total. The number of hydrogen-bond acceptors (Lipinski definition) is 4. The molecule has 0 unspecified atom stereocenters. The van der Waals surface area contributed by atoms with Gasteiger partial charge in [-0.1, -0.05) is 12.1 Å². The van der Waals surface area contributed by atoms with Crippen LogP contribution in [0.25, 0.3) is 22.3 Å². The van der Waals surface area contributed by atoms with Crippen LogP contribution in [0.3, 0.4) is 0 Å². The minimum Gasteiger partial charge on any atom is -0.364 e. The number of carbonyl (C=O) groups excluding carboxylic acids is 1. The van der Waals surface area contributed by atoms with E-state index in [1.165, 1.54) is 6.07 Å². The molecule has 3 aromatic heterocycles. The van der Waals surface area contributed by atoms with E-state index in [9.17, 15) is 9.18 Å². The third kappa shape index (κ3) is 3.02. The zero-order chi connectivity index (χ0) is 20.7. The Hall–Kier alpha value is -3.65. The lowest BCUT2D eigenvalue weighted by molar-refractivity contribution is -0.443. The van der Waals surface area contributed by atoms with E-state index < -0.39 is 0 Å². The van der Waals surface area contributed by atoms with Gasteiger partial charge in [-0.05, 0) is 31.2 Å². The SMILES string of the molecule is Cc1[nH]ncc1-c1ccc2c(C(=O)[N+]3=C(c4ccccc4F)COCC3)c[nH]c2n1. The van der Waals surface area contributed by atoms with Crippen LogP contribution in [0, 0.1) is 12.7 Å². The summed E-state index contributed by atoms with van der Waals surface area (Å²) in [6.07, 6.45) is 3.38. The number of H-pyrrole nitrogens is 2. The van der Waals surface area contributed by atoms with Crippen molar-refractivity contribution in [3.8, 4) is 11.3 Å². The lowest BCUT2D eigenvalue weighted by Gasteiger charge is -2.14. The van der Waals surface area contributed by atoms with Gasteiger partial charge in [0.05, 0.1) is 17.5 Å². The predicted octanol–water partition coefficient (Wildman–Crippen LogP) is 3.07. The van der Waals surface area contributed by atoms with Gasteiger partial charge in [0, 0.05) is 22.8 Å². The zero-order valence-electron chi connectivity index (χ0n) is 16.3. The van der Waals surface area contributed by atoms with Crippen LogP contribution in [-0.2, 0) is 4.74 Å². The monoisotopic (exact) mass is 404 g/mol. The molecule has 0 spiro atoms. The fraction of sp³-hybridized carbons (Fsp3) is 0.182. The summed E-state index contributed by atoms with van der Waals surface area (Å²) in [7, 11) is 0. The molecule has 1 amide bonds. The van der Waals surface area contributed by atoms with Crippen molar-refractivity contribution in [2.45, 2.75) is 6.92 Å². The third-order valence-electron chi connectivity index (χ3n) is 5.33. The fourth-order valence-corrected chi connectivity index (χ4v) is 3.77. The smallest absolute Gasteiger partial charge is 0.364 e. The van der Waals surface area contributed by atoms with Crippen LogP contribution in [-0.4, -0.2) is 56.1 Å². The first-order chi connectivity index (χ1) is 14.6. The van der Waals surface area contributed by atoms with E-state index in [0.717, 1.165) is 17.0 Å². The second kappa shape index (κ2) is 7.31. The second-order valence-electron chi connectivity index (χ2n) is 7.14. The van der Waals surface area contributed by atoms with Crippen molar-refractivity contribution in [2.75, 3.05) is 19.8 Å². The third-order valence-corrected chi connectivity index (χ3v) is 5.33. The van der Waals surface area contributed by atoms with Crippen LogP contribution in [0.2, 0.25) is 0 Å². The Kier molecular flexibility index (Phi) is 4.48. The van der Waals surface area contributed by atoms with Crippen LogP contribution < -0.4 is 0 Å². The molecule has 0 saturated heterocycles. The maximum atomic E-state index is 14.4. The van der Waals surface area contributed by atoms with Gasteiger partial charge in [-0.15, -0.1) is 0 Å². The van der Waals surface area contributed by atoms with Gasteiger partial charge in [-0.2, -0.15) is 9.67 Å². The molecule has 7 nitrogen and oxygen atoms in total. The minimum atomic E-state index is -0.378. The summed E-state index contributed by atoms with van der Waals surface area (Å²) < 4.78 is 21.5. The molecule has 0 fully saturated rings. The Morgan fingerprint density at radius 3 is 2.87 bits per heavy atom. The molecule has 1 aromatic carbocycles. The summed E-state index contributed by atoms with van der Waals surface area (Å²) in [4.78, 5) is 21.1. The highest BCUT2D eigenvalue weighted by atomic mass is 19.1. The van der Waals surface area contributed by atoms with Gasteiger partial charge in [-0.3, -0.25) is 5.10 Å². The van der Waals surface area contributed by atoms with Crippen molar-refractivity contribution >= 4 is 22.7 Å². The number of benzene rings is 1. The number of halogens is 1. The number of amides is 1. The van der Waals surface area contributed by atoms with Gasteiger partial charge >= 0.3 is 5.91 Å². The number of aromatic nitrogens is 4. The van der Waals surface area contributed by atoms with Crippen LogP contribution in [0.15, 0.2) is 48.8 Å². The number of nitrogens with one attached hydrogen (secondary N) is 2. The standard InChI is InChI=1S/C22H18FN5O2/c1-13-16(11-25-27-13)19-7-6-14-17(10-24-21(14)26-19)22(29)28-8-9-30-12-20(28)15-4-2-3-5-18(15)23/h2-7,10-11H,8-9,12H2,1H3,(H-,24,25,26,27,29)/p+1. The van der Waals surface area contributed by atoms with Crippen LogP contribution in [0.4, 0.5) is 4.39 Å². The number of fused-ring (bicyclic) bond motifs is 1. The maximum absolute atomic E-state index is 14.4. The van der Waals surface area contributed by atoms with E-state index >= 15 is 0 Å². The van der Waals surface area contributed by atoms with E-state index in [2.05, 4.69) is 20.2 Å². The van der Waals surface area contributed by atoms with E-state index in [-0.39, 0.29) is 18.3 Å². The molecule has 0 atom stereocenters. The average Bonchev–Trinajstić information content (AvgIpc) is 3.39. The van der Waals surface area contributed by atoms with Crippen LogP contribution in [0.1, 0.15) is 21.6 Å². The summed E-state index contributed by atoms with van der Waals surface area (Å²) in [6, 6.07) is 10.2. The summed E-state index contributed by atoms with van der Waals surface area (Å²) in [5.74, 6) is -0.589. The van der Waals surface area contributed by atoms with E-state index in [1.807, 2.05) is 19.1 Å². The van der Waals surface area contributed by atoms with Gasteiger partial charge in [0.1, 0.15) is 30.2 Å². The first-order valence-electron chi connectivity index (χ1n) is 9.62. The molecule has 8 heteroatoms. The number of aryl methyl sites for hydroxylation is 1. The zero-order valence-corrected chi connectivity index (χ0v) is 16.3. The number of ether oxygens (including phenoxy) is 1. The molecule has 150 valence electrons. The normalized spacial score (nSPS) is 14.5. The maximum Gasteiger partial charge on any atom is 0.422 e. The Bertz CT molecular complexity index is 1300. The molecule has 0 aliphatic carbocycles. The second-order valence-corrected chi connectivity index (χ2v) is 7.14. The largest absolute Gasteiger partial charge is 0.422 e. The van der Waals surface area contributed by atoms with Crippen LogP contribution in [0.5, 0.6) is 0 Å². The lowest BCUT2D eigenvalue weighted by Crippen LogP contribution is -2.38. The summed E-state index contributed by atoms with van der Waals surface area (Å²) in [6.45, 7) is 2.86. The molecule has 0 saturated carbocycles. The minimum absolute atomic E-state index is 0.178.